The van der Waals surface area contributed by atoms with Crippen LogP contribution in [0.15, 0.2) is 30.3 Å². The molecule has 0 aliphatic carbocycles. The Morgan fingerprint density at radius 2 is 1.77 bits per heavy atom. The van der Waals surface area contributed by atoms with Crippen LogP contribution in [0.25, 0.3) is 0 Å². The first kappa shape index (κ1) is 23.0. The number of aryl methyl sites for hydroxylation is 2. The van der Waals surface area contributed by atoms with Crippen LogP contribution >= 0.6 is 0 Å². The number of anilines is 3. The number of rotatable bonds is 8. The summed E-state index contributed by atoms with van der Waals surface area (Å²) >= 11 is 0. The van der Waals surface area contributed by atoms with Crippen molar-refractivity contribution in [1.29, 1.82) is 0 Å². The van der Waals surface area contributed by atoms with Crippen molar-refractivity contribution in [2.75, 3.05) is 43.1 Å². The molecule has 1 saturated heterocycles. The number of aromatic nitrogens is 2. The molecule has 2 heterocycles. The van der Waals surface area contributed by atoms with E-state index >= 15 is 0 Å². The molecule has 1 aliphatic heterocycles. The molecule has 0 bridgehead atoms. The zero-order chi connectivity index (χ0) is 22.4. The summed E-state index contributed by atoms with van der Waals surface area (Å²) in [5, 5.41) is 9.32. The second-order valence-corrected chi connectivity index (χ2v) is 9.85. The molecule has 31 heavy (non-hydrogen) atoms. The number of hydrogen-bond donors (Lipinski definition) is 3. The lowest BCUT2D eigenvalue weighted by molar-refractivity contribution is -0.126. The topological polar surface area (TPSA) is 116 Å². The van der Waals surface area contributed by atoms with Gasteiger partial charge in [-0.3, -0.25) is 4.79 Å². The van der Waals surface area contributed by atoms with Crippen molar-refractivity contribution in [3.8, 4) is 0 Å². The van der Waals surface area contributed by atoms with Gasteiger partial charge in [0.15, 0.2) is 0 Å². The van der Waals surface area contributed by atoms with Gasteiger partial charge in [-0.2, -0.15) is 4.98 Å². The van der Waals surface area contributed by atoms with E-state index in [1.54, 1.807) is 0 Å². The molecule has 0 radical (unpaired) electrons. The second kappa shape index (κ2) is 10.1. The molecular weight excluding hydrogens is 416 g/mol. The van der Waals surface area contributed by atoms with Crippen molar-refractivity contribution in [3.05, 3.63) is 41.6 Å². The summed E-state index contributed by atoms with van der Waals surface area (Å²) in [7, 11) is -3.18. The minimum Gasteiger partial charge on any atom is -0.354 e. The van der Waals surface area contributed by atoms with Crippen molar-refractivity contribution >= 4 is 33.4 Å². The molecule has 0 spiro atoms. The first-order valence-corrected chi connectivity index (χ1v) is 12.2. The van der Waals surface area contributed by atoms with Crippen LogP contribution in [0.2, 0.25) is 0 Å². The molecule has 10 heteroatoms. The van der Waals surface area contributed by atoms with Crippen molar-refractivity contribution in [1.82, 2.24) is 19.6 Å². The molecule has 1 aromatic carbocycles. The Morgan fingerprint density at radius 1 is 1.10 bits per heavy atom. The predicted octanol–water partition coefficient (Wildman–Crippen LogP) is 2.04. The molecular formula is C21H30N6O3S. The van der Waals surface area contributed by atoms with Gasteiger partial charge in [-0.1, -0.05) is 17.7 Å². The highest BCUT2D eigenvalue weighted by Gasteiger charge is 2.28. The Hall–Kier alpha value is -2.72. The summed E-state index contributed by atoms with van der Waals surface area (Å²) in [5.74, 6) is 0.992. The maximum absolute atomic E-state index is 12.4. The number of carbonyl (C=O) groups is 1. The fraction of sp³-hybridized carbons (Fsp3) is 0.476. The molecule has 0 unspecified atom stereocenters. The predicted molar refractivity (Wildman–Crippen MR) is 122 cm³/mol. The molecule has 168 valence electrons. The third kappa shape index (κ3) is 6.90. The lowest BCUT2D eigenvalue weighted by atomic mass is 9.97. The first-order valence-electron chi connectivity index (χ1n) is 10.4. The van der Waals surface area contributed by atoms with Crippen LogP contribution in [0.1, 0.15) is 24.1 Å². The van der Waals surface area contributed by atoms with E-state index < -0.39 is 10.0 Å². The van der Waals surface area contributed by atoms with Crippen LogP contribution in [0.3, 0.4) is 0 Å². The summed E-state index contributed by atoms with van der Waals surface area (Å²) < 4.78 is 24.6. The monoisotopic (exact) mass is 446 g/mol. The number of hydrogen-bond acceptors (Lipinski definition) is 7. The van der Waals surface area contributed by atoms with Crippen LogP contribution in [-0.2, 0) is 14.8 Å². The van der Waals surface area contributed by atoms with Gasteiger partial charge in [0.25, 0.3) is 0 Å². The molecule has 1 fully saturated rings. The molecule has 9 nitrogen and oxygen atoms in total. The zero-order valence-electron chi connectivity index (χ0n) is 18.2. The summed E-state index contributed by atoms with van der Waals surface area (Å²) in [5.41, 5.74) is 2.97. The maximum Gasteiger partial charge on any atom is 0.224 e. The highest BCUT2D eigenvalue weighted by molar-refractivity contribution is 7.88. The largest absolute Gasteiger partial charge is 0.354 e. The van der Waals surface area contributed by atoms with Crippen LogP contribution in [-0.4, -0.2) is 61.0 Å². The molecule has 0 saturated carbocycles. The Kier molecular flexibility index (Phi) is 7.45. The van der Waals surface area contributed by atoms with Gasteiger partial charge in [-0.05, 0) is 38.8 Å². The number of benzene rings is 1. The quantitative estimate of drug-likeness (QED) is 0.531. The second-order valence-electron chi connectivity index (χ2n) is 7.86. The summed E-state index contributed by atoms with van der Waals surface area (Å²) in [4.78, 5) is 21.2. The molecule has 2 aromatic rings. The molecule has 1 aliphatic rings. The van der Waals surface area contributed by atoms with E-state index in [9.17, 15) is 13.2 Å². The van der Waals surface area contributed by atoms with E-state index in [0.29, 0.717) is 50.8 Å². The van der Waals surface area contributed by atoms with Gasteiger partial charge in [-0.25, -0.2) is 17.7 Å². The van der Waals surface area contributed by atoms with Crippen LogP contribution < -0.4 is 16.0 Å². The standard InChI is InChI=1S/C21H30N6O3S/c1-15-4-6-18(7-5-15)25-19-14-16(2)24-21(26-19)23-11-10-22-20(28)17-8-12-27(13-9-17)31(3,29)30/h4-7,14,17H,8-13H2,1-3H3,(H,22,28)(H2,23,24,25,26). The minimum absolute atomic E-state index is 0.0400. The molecule has 0 atom stereocenters. The summed E-state index contributed by atoms with van der Waals surface area (Å²) in [6.45, 7) is 5.65. The number of nitrogens with one attached hydrogen (secondary N) is 3. The Balaban J connectivity index is 1.44. The highest BCUT2D eigenvalue weighted by Crippen LogP contribution is 2.19. The number of sulfonamides is 1. The summed E-state index contributed by atoms with van der Waals surface area (Å²) in [6, 6.07) is 9.92. The lowest BCUT2D eigenvalue weighted by Gasteiger charge is -2.29. The highest BCUT2D eigenvalue weighted by atomic mass is 32.2. The number of piperidine rings is 1. The van der Waals surface area contributed by atoms with Gasteiger partial charge in [-0.15, -0.1) is 0 Å². The van der Waals surface area contributed by atoms with Crippen LogP contribution in [0.5, 0.6) is 0 Å². The van der Waals surface area contributed by atoms with Crippen molar-refractivity contribution in [2.45, 2.75) is 26.7 Å². The third-order valence-electron chi connectivity index (χ3n) is 5.18. The fourth-order valence-electron chi connectivity index (χ4n) is 3.45. The number of amides is 1. The van der Waals surface area contributed by atoms with E-state index in [1.807, 2.05) is 44.2 Å². The third-order valence-corrected chi connectivity index (χ3v) is 6.48. The molecule has 1 amide bonds. The van der Waals surface area contributed by atoms with Gasteiger partial charge >= 0.3 is 0 Å². The fourth-order valence-corrected chi connectivity index (χ4v) is 4.32. The van der Waals surface area contributed by atoms with E-state index in [0.717, 1.165) is 11.4 Å². The normalized spacial score (nSPS) is 15.5. The van der Waals surface area contributed by atoms with Crippen molar-refractivity contribution < 1.29 is 13.2 Å². The van der Waals surface area contributed by atoms with Gasteiger partial charge in [0.05, 0.1) is 6.26 Å². The van der Waals surface area contributed by atoms with Crippen molar-refractivity contribution in [3.63, 3.8) is 0 Å². The van der Waals surface area contributed by atoms with E-state index in [2.05, 4.69) is 25.9 Å². The Morgan fingerprint density at radius 3 is 2.42 bits per heavy atom. The maximum atomic E-state index is 12.4. The Bertz CT molecular complexity index is 1000. The minimum atomic E-state index is -3.18. The average molecular weight is 447 g/mol. The zero-order valence-corrected chi connectivity index (χ0v) is 19.0. The van der Waals surface area contributed by atoms with E-state index in [4.69, 9.17) is 0 Å². The van der Waals surface area contributed by atoms with Gasteiger partial charge in [0.2, 0.25) is 21.9 Å². The average Bonchev–Trinajstić information content (AvgIpc) is 2.72. The van der Waals surface area contributed by atoms with Gasteiger partial charge in [0.1, 0.15) is 5.82 Å². The van der Waals surface area contributed by atoms with Gasteiger partial charge < -0.3 is 16.0 Å². The molecule has 3 N–H and O–H groups in total. The molecule has 3 rings (SSSR count). The van der Waals surface area contributed by atoms with E-state index in [1.165, 1.54) is 16.1 Å². The number of nitrogens with zero attached hydrogens (tertiary/aromatic N) is 3. The van der Waals surface area contributed by atoms with E-state index in [-0.39, 0.29) is 11.8 Å². The first-order chi connectivity index (χ1) is 14.7. The smallest absolute Gasteiger partial charge is 0.224 e. The summed E-state index contributed by atoms with van der Waals surface area (Å²) in [6.07, 6.45) is 2.29. The van der Waals surface area contributed by atoms with Gasteiger partial charge in [0, 0.05) is 49.5 Å². The Labute approximate surface area is 183 Å². The van der Waals surface area contributed by atoms with Crippen LogP contribution in [0.4, 0.5) is 17.5 Å². The SMILES string of the molecule is Cc1ccc(Nc2cc(C)nc(NCCNC(=O)C3CCN(S(C)(=O)=O)CC3)n2)cc1. The molecule has 1 aromatic heterocycles. The number of carbonyl (C=O) groups excluding carboxylic acids is 1. The van der Waals surface area contributed by atoms with Crippen molar-refractivity contribution in [2.24, 2.45) is 5.92 Å². The lowest BCUT2D eigenvalue weighted by Crippen LogP contribution is -2.43. The van der Waals surface area contributed by atoms with Crippen LogP contribution in [0, 0.1) is 19.8 Å².